The van der Waals surface area contributed by atoms with Crippen molar-refractivity contribution in [1.29, 1.82) is 0 Å². The molecule has 5 rings (SSSR count). The van der Waals surface area contributed by atoms with E-state index in [1.54, 1.807) is 0 Å². The van der Waals surface area contributed by atoms with Crippen LogP contribution in [0, 0.1) is 5.41 Å². The molecule has 4 heterocycles. The average Bonchev–Trinajstić information content (AvgIpc) is 3.32. The maximum Gasteiger partial charge on any atom is 0.231 e. The van der Waals surface area contributed by atoms with Gasteiger partial charge in [0.25, 0.3) is 0 Å². The van der Waals surface area contributed by atoms with Gasteiger partial charge < -0.3 is 18.9 Å². The molecule has 0 spiro atoms. The van der Waals surface area contributed by atoms with Crippen LogP contribution >= 0.6 is 0 Å². The van der Waals surface area contributed by atoms with Gasteiger partial charge in [-0.1, -0.05) is 13.0 Å². The van der Waals surface area contributed by atoms with E-state index in [1.165, 1.54) is 12.0 Å². The first-order valence-electron chi connectivity index (χ1n) is 10.2. The Hall–Kier alpha value is -2.57. The molecule has 0 saturated carbocycles. The second kappa shape index (κ2) is 6.79. The Balaban J connectivity index is 1.31. The number of hydrogen-bond donors (Lipinski definition) is 0. The minimum absolute atomic E-state index is 0.0341. The average molecular weight is 382 g/mol. The van der Waals surface area contributed by atoms with Crippen molar-refractivity contribution < 1.29 is 14.3 Å². The Morgan fingerprint density at radius 1 is 1.14 bits per heavy atom. The monoisotopic (exact) mass is 382 g/mol. The third kappa shape index (κ3) is 3.23. The van der Waals surface area contributed by atoms with Gasteiger partial charge in [-0.2, -0.15) is 0 Å². The van der Waals surface area contributed by atoms with Crippen LogP contribution in [0.4, 0.5) is 0 Å². The SMILES string of the molecule is CC1(Cc2ccc3c(c2)OCO3)CCC(=O)N(Cc2nnc3n2CCCC3)C1. The molecule has 1 amide bonds. The number of likely N-dealkylation sites (tertiary alicyclic amines) is 1. The fourth-order valence-corrected chi connectivity index (χ4v) is 4.68. The number of aromatic nitrogens is 3. The van der Waals surface area contributed by atoms with Gasteiger partial charge in [-0.05, 0) is 48.8 Å². The Morgan fingerprint density at radius 3 is 2.96 bits per heavy atom. The molecule has 2 aromatic rings. The van der Waals surface area contributed by atoms with Crippen molar-refractivity contribution in [2.75, 3.05) is 13.3 Å². The molecule has 28 heavy (non-hydrogen) atoms. The normalized spacial score (nSPS) is 23.8. The fraction of sp³-hybridized carbons (Fsp3) is 0.571. The fourth-order valence-electron chi connectivity index (χ4n) is 4.68. The van der Waals surface area contributed by atoms with Crippen molar-refractivity contribution in [2.45, 2.75) is 58.5 Å². The topological polar surface area (TPSA) is 69.5 Å². The molecule has 0 radical (unpaired) electrons. The summed E-state index contributed by atoms with van der Waals surface area (Å²) < 4.78 is 13.1. The molecule has 1 aromatic carbocycles. The lowest BCUT2D eigenvalue weighted by Crippen LogP contribution is -2.46. The number of carbonyl (C=O) groups is 1. The summed E-state index contributed by atoms with van der Waals surface area (Å²) in [7, 11) is 0. The molecule has 1 atom stereocenters. The summed E-state index contributed by atoms with van der Waals surface area (Å²) >= 11 is 0. The van der Waals surface area contributed by atoms with E-state index in [0.717, 1.165) is 61.9 Å². The summed E-state index contributed by atoms with van der Waals surface area (Å²) in [6, 6.07) is 6.16. The maximum absolute atomic E-state index is 12.6. The molecular weight excluding hydrogens is 356 g/mol. The quantitative estimate of drug-likeness (QED) is 0.813. The third-order valence-electron chi connectivity index (χ3n) is 6.20. The number of benzene rings is 1. The predicted molar refractivity (Wildman–Crippen MR) is 102 cm³/mol. The van der Waals surface area contributed by atoms with Gasteiger partial charge in [-0.15, -0.1) is 10.2 Å². The van der Waals surface area contributed by atoms with Crippen molar-refractivity contribution in [3.63, 3.8) is 0 Å². The van der Waals surface area contributed by atoms with Crippen LogP contribution in [0.3, 0.4) is 0 Å². The van der Waals surface area contributed by atoms with E-state index in [4.69, 9.17) is 9.47 Å². The summed E-state index contributed by atoms with van der Waals surface area (Å²) in [6.07, 6.45) is 5.72. The zero-order valence-corrected chi connectivity index (χ0v) is 16.3. The molecule has 0 bridgehead atoms. The van der Waals surface area contributed by atoms with Crippen LogP contribution in [0.1, 0.15) is 49.8 Å². The smallest absolute Gasteiger partial charge is 0.231 e. The van der Waals surface area contributed by atoms with Crippen LogP contribution in [-0.2, 0) is 30.7 Å². The highest BCUT2D eigenvalue weighted by Gasteiger charge is 2.36. The third-order valence-corrected chi connectivity index (χ3v) is 6.20. The van der Waals surface area contributed by atoms with E-state index in [-0.39, 0.29) is 11.3 Å². The first kappa shape index (κ1) is 17.5. The van der Waals surface area contributed by atoms with Crippen LogP contribution in [0.15, 0.2) is 18.2 Å². The molecule has 1 unspecified atom stereocenters. The van der Waals surface area contributed by atoms with Crippen molar-refractivity contribution in [3.8, 4) is 11.5 Å². The summed E-state index contributed by atoms with van der Waals surface area (Å²) in [4.78, 5) is 14.6. The van der Waals surface area contributed by atoms with Crippen LogP contribution in [0.5, 0.6) is 11.5 Å². The highest BCUT2D eigenvalue weighted by Crippen LogP contribution is 2.38. The van der Waals surface area contributed by atoms with Gasteiger partial charge in [0.05, 0.1) is 6.54 Å². The molecule has 0 aliphatic carbocycles. The summed E-state index contributed by atoms with van der Waals surface area (Å²) in [6.45, 7) is 4.83. The van der Waals surface area contributed by atoms with E-state index in [9.17, 15) is 4.79 Å². The number of fused-ring (bicyclic) bond motifs is 2. The lowest BCUT2D eigenvalue weighted by molar-refractivity contribution is -0.138. The second-order valence-corrected chi connectivity index (χ2v) is 8.57. The number of ether oxygens (including phenoxy) is 2. The van der Waals surface area contributed by atoms with Crippen molar-refractivity contribution in [3.05, 3.63) is 35.4 Å². The highest BCUT2D eigenvalue weighted by molar-refractivity contribution is 5.77. The van der Waals surface area contributed by atoms with Crippen molar-refractivity contribution >= 4 is 5.91 Å². The summed E-state index contributed by atoms with van der Waals surface area (Å²) in [5.41, 5.74) is 1.26. The Bertz CT molecular complexity index is 909. The predicted octanol–water partition coefficient (Wildman–Crippen LogP) is 2.71. The van der Waals surface area contributed by atoms with Gasteiger partial charge >= 0.3 is 0 Å². The zero-order chi connectivity index (χ0) is 19.1. The van der Waals surface area contributed by atoms with Gasteiger partial charge in [0.2, 0.25) is 12.7 Å². The molecule has 1 fully saturated rings. The minimum Gasteiger partial charge on any atom is -0.454 e. The van der Waals surface area contributed by atoms with Gasteiger partial charge in [0.1, 0.15) is 5.82 Å². The van der Waals surface area contributed by atoms with E-state index < -0.39 is 0 Å². The van der Waals surface area contributed by atoms with Crippen molar-refractivity contribution in [1.82, 2.24) is 19.7 Å². The first-order valence-corrected chi connectivity index (χ1v) is 10.2. The van der Waals surface area contributed by atoms with Gasteiger partial charge in [0, 0.05) is 25.9 Å². The lowest BCUT2D eigenvalue weighted by atomic mass is 9.76. The number of nitrogens with zero attached hydrogens (tertiary/aromatic N) is 4. The lowest BCUT2D eigenvalue weighted by Gasteiger charge is -2.40. The number of piperidine rings is 1. The zero-order valence-electron chi connectivity index (χ0n) is 16.3. The van der Waals surface area contributed by atoms with Gasteiger partial charge in [-0.3, -0.25) is 4.79 Å². The number of aryl methyl sites for hydroxylation is 1. The van der Waals surface area contributed by atoms with Crippen LogP contribution in [0.2, 0.25) is 0 Å². The summed E-state index contributed by atoms with van der Waals surface area (Å²) in [5, 5.41) is 8.72. The molecule has 7 heteroatoms. The Morgan fingerprint density at radius 2 is 2.04 bits per heavy atom. The number of hydrogen-bond acceptors (Lipinski definition) is 5. The Labute approximate surface area is 164 Å². The summed E-state index contributed by atoms with van der Waals surface area (Å²) in [5.74, 6) is 3.84. The molecule has 3 aliphatic rings. The van der Waals surface area contributed by atoms with Crippen molar-refractivity contribution in [2.24, 2.45) is 5.41 Å². The molecule has 1 saturated heterocycles. The molecular formula is C21H26N4O3. The van der Waals surface area contributed by atoms with Crippen LogP contribution < -0.4 is 9.47 Å². The molecule has 0 N–H and O–H groups in total. The number of amides is 1. The highest BCUT2D eigenvalue weighted by atomic mass is 16.7. The molecule has 1 aromatic heterocycles. The molecule has 7 nitrogen and oxygen atoms in total. The van der Waals surface area contributed by atoms with Crippen LogP contribution in [0.25, 0.3) is 0 Å². The second-order valence-electron chi connectivity index (χ2n) is 8.57. The van der Waals surface area contributed by atoms with E-state index >= 15 is 0 Å². The van der Waals surface area contributed by atoms with Gasteiger partial charge in [-0.25, -0.2) is 0 Å². The van der Waals surface area contributed by atoms with E-state index in [1.807, 2.05) is 11.0 Å². The largest absolute Gasteiger partial charge is 0.454 e. The Kier molecular flexibility index (Phi) is 4.25. The number of rotatable bonds is 4. The molecule has 3 aliphatic heterocycles. The maximum atomic E-state index is 12.6. The minimum atomic E-state index is 0.0341. The standard InChI is InChI=1S/C21H26N4O3/c1-21(11-15-5-6-16-17(10-15)28-14-27-16)8-7-20(26)24(13-21)12-19-23-22-18-4-2-3-9-25(18)19/h5-6,10H,2-4,7-9,11-14H2,1H3. The van der Waals surface area contributed by atoms with Gasteiger partial charge in [0.15, 0.2) is 17.3 Å². The van der Waals surface area contributed by atoms with E-state index in [0.29, 0.717) is 19.8 Å². The molecule has 148 valence electrons. The first-order chi connectivity index (χ1) is 13.6. The van der Waals surface area contributed by atoms with Crippen LogP contribution in [-0.4, -0.2) is 38.9 Å². The van der Waals surface area contributed by atoms with E-state index in [2.05, 4.69) is 33.8 Å². The number of carbonyl (C=O) groups excluding carboxylic acids is 1.